The Balaban J connectivity index is 2.60. The van der Waals surface area contributed by atoms with Crippen molar-refractivity contribution in [2.24, 2.45) is 5.73 Å². The Labute approximate surface area is 137 Å². The van der Waals surface area contributed by atoms with Crippen LogP contribution in [0.3, 0.4) is 0 Å². The van der Waals surface area contributed by atoms with Gasteiger partial charge in [-0.15, -0.1) is 0 Å². The van der Waals surface area contributed by atoms with E-state index in [2.05, 4.69) is 16.2 Å². The maximum Gasteiger partial charge on any atom is 0.312 e. The number of primary amides is 1. The largest absolute Gasteiger partial charge is 0.352 e. The van der Waals surface area contributed by atoms with Gasteiger partial charge in [0.25, 0.3) is 11.8 Å². The summed E-state index contributed by atoms with van der Waals surface area (Å²) in [5.74, 6) is -0.466. The molecule has 1 aromatic rings. The Hall–Kier alpha value is -1.93. The maximum absolute atomic E-state index is 12.0. The number of nitrogens with two attached hydrogens (primary N) is 1. The molecule has 0 aliphatic carbocycles. The van der Waals surface area contributed by atoms with Crippen LogP contribution >= 0.6 is 23.4 Å². The van der Waals surface area contributed by atoms with Crippen molar-refractivity contribution in [3.8, 4) is 0 Å². The van der Waals surface area contributed by atoms with Crippen molar-refractivity contribution in [3.05, 3.63) is 34.9 Å². The topological polar surface area (TPSA) is 113 Å². The van der Waals surface area contributed by atoms with Crippen molar-refractivity contribution in [3.63, 3.8) is 0 Å². The highest BCUT2D eigenvalue weighted by Gasteiger charge is 2.20. The second-order valence-electron chi connectivity index (χ2n) is 4.27. The van der Waals surface area contributed by atoms with Gasteiger partial charge in [0.15, 0.2) is 0 Å². The predicted molar refractivity (Wildman–Crippen MR) is 86.6 cm³/mol. The highest BCUT2D eigenvalue weighted by atomic mass is 35.5. The third-order valence-corrected chi connectivity index (χ3v) is 3.63. The van der Waals surface area contributed by atoms with Crippen molar-refractivity contribution in [1.29, 1.82) is 0 Å². The summed E-state index contributed by atoms with van der Waals surface area (Å²) < 4.78 is 0. The summed E-state index contributed by atoms with van der Waals surface area (Å²) in [6, 6.07) is 4.80. The molecule has 0 spiro atoms. The fourth-order valence-corrected chi connectivity index (χ4v) is 2.29. The Morgan fingerprint density at radius 2 is 1.95 bits per heavy atom. The summed E-state index contributed by atoms with van der Waals surface area (Å²) in [5, 5.41) is 2.59. The summed E-state index contributed by atoms with van der Waals surface area (Å²) >= 11 is 7.41. The predicted octanol–water partition coefficient (Wildman–Crippen LogP) is 0.891. The minimum absolute atomic E-state index is 0.230. The molecule has 22 heavy (non-hydrogen) atoms. The molecular weight excluding hydrogens is 328 g/mol. The van der Waals surface area contributed by atoms with Gasteiger partial charge in [-0.3, -0.25) is 20.4 Å². The van der Waals surface area contributed by atoms with Crippen molar-refractivity contribution in [1.82, 2.24) is 16.2 Å². The molecule has 4 amide bonds. The smallest absolute Gasteiger partial charge is 0.312 e. The third-order valence-electron chi connectivity index (χ3n) is 2.66. The number of thioether (sulfide) groups is 1. The summed E-state index contributed by atoms with van der Waals surface area (Å²) in [6.07, 6.45) is 2.26. The molecule has 0 saturated carbocycles. The number of hydrazine groups is 1. The van der Waals surface area contributed by atoms with Gasteiger partial charge in [0.1, 0.15) is 6.04 Å². The van der Waals surface area contributed by atoms with E-state index in [0.717, 1.165) is 0 Å². The molecule has 0 fully saturated rings. The molecule has 0 aliphatic heterocycles. The van der Waals surface area contributed by atoms with Crippen LogP contribution in [0.2, 0.25) is 5.02 Å². The van der Waals surface area contributed by atoms with Crippen LogP contribution in [-0.4, -0.2) is 35.9 Å². The summed E-state index contributed by atoms with van der Waals surface area (Å²) in [6.45, 7) is 0. The SMILES string of the molecule is CSCC[C@H](NC(N)=O)C(=O)NNC(=O)c1ccccc1Cl. The molecule has 0 aliphatic rings. The van der Waals surface area contributed by atoms with Crippen LogP contribution in [0.15, 0.2) is 24.3 Å². The number of benzene rings is 1. The Morgan fingerprint density at radius 1 is 1.27 bits per heavy atom. The van der Waals surface area contributed by atoms with Gasteiger partial charge in [-0.2, -0.15) is 11.8 Å². The van der Waals surface area contributed by atoms with Crippen LogP contribution in [0.25, 0.3) is 0 Å². The lowest BCUT2D eigenvalue weighted by Gasteiger charge is -2.17. The number of nitrogens with one attached hydrogen (secondary N) is 3. The van der Waals surface area contributed by atoms with E-state index >= 15 is 0 Å². The molecule has 0 saturated heterocycles. The van der Waals surface area contributed by atoms with E-state index in [1.54, 1.807) is 18.2 Å². The molecule has 0 bridgehead atoms. The second-order valence-corrected chi connectivity index (χ2v) is 5.66. The van der Waals surface area contributed by atoms with Crippen molar-refractivity contribution in [2.45, 2.75) is 12.5 Å². The lowest BCUT2D eigenvalue weighted by Crippen LogP contribution is -2.53. The minimum Gasteiger partial charge on any atom is -0.352 e. The zero-order chi connectivity index (χ0) is 16.5. The number of carbonyl (C=O) groups excluding carboxylic acids is 3. The van der Waals surface area contributed by atoms with Gasteiger partial charge in [-0.25, -0.2) is 4.79 Å². The van der Waals surface area contributed by atoms with Crippen molar-refractivity contribution >= 4 is 41.2 Å². The molecule has 0 unspecified atom stereocenters. The zero-order valence-corrected chi connectivity index (χ0v) is 13.5. The molecule has 1 rings (SSSR count). The quantitative estimate of drug-likeness (QED) is 0.574. The Morgan fingerprint density at radius 3 is 2.55 bits per heavy atom. The molecule has 1 atom stereocenters. The van der Waals surface area contributed by atoms with Gasteiger partial charge in [0.05, 0.1) is 10.6 Å². The summed E-state index contributed by atoms with van der Waals surface area (Å²) in [5.41, 5.74) is 9.75. The standard InChI is InChI=1S/C13H17ClN4O3S/c1-22-7-6-10(16-13(15)21)12(20)18-17-11(19)8-4-2-3-5-9(8)14/h2-5,10H,6-7H2,1H3,(H,17,19)(H,18,20)(H3,15,16,21)/t10-/m0/s1. The number of halogens is 1. The van der Waals surface area contributed by atoms with Gasteiger partial charge in [0.2, 0.25) is 0 Å². The van der Waals surface area contributed by atoms with Crippen molar-refractivity contribution in [2.75, 3.05) is 12.0 Å². The number of hydrogen-bond acceptors (Lipinski definition) is 4. The molecule has 120 valence electrons. The molecule has 7 nitrogen and oxygen atoms in total. The molecular formula is C13H17ClN4O3S. The summed E-state index contributed by atoms with van der Waals surface area (Å²) in [7, 11) is 0. The van der Waals surface area contributed by atoms with Gasteiger partial charge >= 0.3 is 6.03 Å². The molecule has 0 heterocycles. The Bertz CT molecular complexity index is 556. The number of amides is 4. The van der Waals surface area contributed by atoms with E-state index < -0.39 is 23.9 Å². The van der Waals surface area contributed by atoms with E-state index in [9.17, 15) is 14.4 Å². The van der Waals surface area contributed by atoms with Gasteiger partial charge < -0.3 is 11.1 Å². The van der Waals surface area contributed by atoms with Crippen LogP contribution < -0.4 is 21.9 Å². The normalized spacial score (nSPS) is 11.4. The Kier molecular flexibility index (Phi) is 7.55. The van der Waals surface area contributed by atoms with Crippen LogP contribution in [0, 0.1) is 0 Å². The minimum atomic E-state index is -0.823. The average molecular weight is 345 g/mol. The van der Waals surface area contributed by atoms with Crippen molar-refractivity contribution < 1.29 is 14.4 Å². The van der Waals surface area contributed by atoms with E-state index in [1.165, 1.54) is 17.8 Å². The molecule has 0 aromatic heterocycles. The third kappa shape index (κ3) is 5.82. The van der Waals surface area contributed by atoms with E-state index in [-0.39, 0.29) is 10.6 Å². The van der Waals surface area contributed by atoms with Gasteiger partial charge in [0, 0.05) is 0 Å². The highest BCUT2D eigenvalue weighted by molar-refractivity contribution is 7.98. The number of hydrogen-bond donors (Lipinski definition) is 4. The van der Waals surface area contributed by atoms with Crippen LogP contribution in [0.1, 0.15) is 16.8 Å². The number of urea groups is 1. The number of rotatable bonds is 6. The second kappa shape index (κ2) is 9.16. The fraction of sp³-hybridized carbons (Fsp3) is 0.308. The monoisotopic (exact) mass is 344 g/mol. The first kappa shape index (κ1) is 18.1. The van der Waals surface area contributed by atoms with E-state index in [1.807, 2.05) is 6.26 Å². The molecule has 9 heteroatoms. The fourth-order valence-electron chi connectivity index (χ4n) is 1.59. The average Bonchev–Trinajstić information content (AvgIpc) is 2.48. The number of carbonyl (C=O) groups is 3. The lowest BCUT2D eigenvalue weighted by atomic mass is 10.2. The van der Waals surface area contributed by atoms with E-state index in [4.69, 9.17) is 17.3 Å². The molecule has 1 aromatic carbocycles. The van der Waals surface area contributed by atoms with Gasteiger partial charge in [-0.05, 0) is 30.6 Å². The van der Waals surface area contributed by atoms with Crippen LogP contribution in [-0.2, 0) is 4.79 Å². The first-order chi connectivity index (χ1) is 10.5. The van der Waals surface area contributed by atoms with Crippen LogP contribution in [0.4, 0.5) is 4.79 Å². The first-order valence-corrected chi connectivity index (χ1v) is 8.12. The lowest BCUT2D eigenvalue weighted by molar-refractivity contribution is -0.123. The first-order valence-electron chi connectivity index (χ1n) is 6.35. The van der Waals surface area contributed by atoms with Crippen LogP contribution in [0.5, 0.6) is 0 Å². The maximum atomic E-state index is 12.0. The van der Waals surface area contributed by atoms with E-state index in [0.29, 0.717) is 12.2 Å². The highest BCUT2D eigenvalue weighted by Crippen LogP contribution is 2.14. The molecule has 5 N–H and O–H groups in total. The summed E-state index contributed by atoms with van der Waals surface area (Å²) in [4.78, 5) is 34.8. The molecule has 0 radical (unpaired) electrons. The van der Waals surface area contributed by atoms with Gasteiger partial charge in [-0.1, -0.05) is 23.7 Å². The zero-order valence-electron chi connectivity index (χ0n) is 11.9.